The van der Waals surface area contributed by atoms with E-state index in [0.717, 1.165) is 11.3 Å². The largest absolute Gasteiger partial charge is 0.326 e. The van der Waals surface area contributed by atoms with Crippen molar-refractivity contribution in [3.8, 4) is 0 Å². The lowest BCUT2D eigenvalue weighted by Gasteiger charge is -2.01. The van der Waals surface area contributed by atoms with Crippen LogP contribution in [0.25, 0.3) is 6.08 Å². The third-order valence-electron chi connectivity index (χ3n) is 2.94. The first-order valence-corrected chi connectivity index (χ1v) is 6.56. The Morgan fingerprint density at radius 3 is 2.43 bits per heavy atom. The number of amides is 1. The summed E-state index contributed by atoms with van der Waals surface area (Å²) in [5, 5.41) is 6.84. The van der Waals surface area contributed by atoms with Gasteiger partial charge >= 0.3 is 0 Å². The van der Waals surface area contributed by atoms with E-state index in [1.165, 1.54) is 13.0 Å². The van der Waals surface area contributed by atoms with Crippen LogP contribution in [0.5, 0.6) is 0 Å². The summed E-state index contributed by atoms with van der Waals surface area (Å²) in [5.74, 6) is -0.188. The fraction of sp³-hybridized carbons (Fsp3) is 0.188. The molecule has 1 aromatic heterocycles. The fourth-order valence-corrected chi connectivity index (χ4v) is 1.98. The molecule has 2 aromatic rings. The monoisotopic (exact) mass is 283 g/mol. The number of nitrogens with one attached hydrogen (secondary N) is 1. The van der Waals surface area contributed by atoms with Gasteiger partial charge < -0.3 is 5.32 Å². The summed E-state index contributed by atoms with van der Waals surface area (Å²) < 4.78 is 1.62. The number of aromatic nitrogens is 2. The lowest BCUT2D eigenvalue weighted by atomic mass is 10.1. The lowest BCUT2D eigenvalue weighted by molar-refractivity contribution is -0.114. The molecule has 108 valence electrons. The quantitative estimate of drug-likeness (QED) is 0.693. The SMILES string of the molecule is CC(=O)Nc1ccc(/C=C\C(=O)c2cn(C)nc2C)cc1. The molecule has 0 saturated heterocycles. The first-order valence-electron chi connectivity index (χ1n) is 6.56. The minimum Gasteiger partial charge on any atom is -0.326 e. The van der Waals surface area contributed by atoms with Crippen molar-refractivity contribution in [1.29, 1.82) is 0 Å². The Bertz CT molecular complexity index is 697. The van der Waals surface area contributed by atoms with Crippen LogP contribution in [-0.2, 0) is 11.8 Å². The Morgan fingerprint density at radius 2 is 1.90 bits per heavy atom. The van der Waals surface area contributed by atoms with E-state index >= 15 is 0 Å². The number of benzene rings is 1. The maximum Gasteiger partial charge on any atom is 0.221 e. The average Bonchev–Trinajstić information content (AvgIpc) is 2.76. The maximum absolute atomic E-state index is 12.1. The highest BCUT2D eigenvalue weighted by Gasteiger charge is 2.09. The third-order valence-corrected chi connectivity index (χ3v) is 2.94. The molecule has 0 radical (unpaired) electrons. The Kier molecular flexibility index (Phi) is 4.33. The van der Waals surface area contributed by atoms with E-state index in [4.69, 9.17) is 0 Å². The van der Waals surface area contributed by atoms with E-state index in [0.29, 0.717) is 11.3 Å². The summed E-state index contributed by atoms with van der Waals surface area (Å²) in [6, 6.07) is 7.26. The van der Waals surface area contributed by atoms with Gasteiger partial charge in [-0.2, -0.15) is 5.10 Å². The molecule has 0 saturated carbocycles. The van der Waals surface area contributed by atoms with Crippen molar-refractivity contribution in [1.82, 2.24) is 9.78 Å². The summed E-state index contributed by atoms with van der Waals surface area (Å²) >= 11 is 0. The highest BCUT2D eigenvalue weighted by Crippen LogP contribution is 2.12. The second-order valence-corrected chi connectivity index (χ2v) is 4.80. The van der Waals surface area contributed by atoms with Crippen LogP contribution in [0.4, 0.5) is 5.69 Å². The van der Waals surface area contributed by atoms with Crippen molar-refractivity contribution in [3.63, 3.8) is 0 Å². The van der Waals surface area contributed by atoms with Crippen molar-refractivity contribution in [3.05, 3.63) is 53.4 Å². The van der Waals surface area contributed by atoms with Gasteiger partial charge in [0.15, 0.2) is 5.78 Å². The van der Waals surface area contributed by atoms with Crippen molar-refractivity contribution in [2.24, 2.45) is 7.05 Å². The fourth-order valence-electron chi connectivity index (χ4n) is 1.98. The minimum absolute atomic E-state index is 0.0773. The van der Waals surface area contributed by atoms with Crippen LogP contribution in [0.3, 0.4) is 0 Å². The molecule has 1 N–H and O–H groups in total. The van der Waals surface area contributed by atoms with Crippen molar-refractivity contribution in [2.45, 2.75) is 13.8 Å². The number of hydrogen-bond donors (Lipinski definition) is 1. The van der Waals surface area contributed by atoms with Gasteiger partial charge in [-0.25, -0.2) is 0 Å². The minimum atomic E-state index is -0.111. The number of carbonyl (C=O) groups excluding carboxylic acids is 2. The topological polar surface area (TPSA) is 64.0 Å². The molecule has 0 aliphatic heterocycles. The zero-order valence-electron chi connectivity index (χ0n) is 12.3. The second kappa shape index (κ2) is 6.17. The van der Waals surface area contributed by atoms with Crippen molar-refractivity contribution < 1.29 is 9.59 Å². The molecular formula is C16H17N3O2. The number of rotatable bonds is 4. The van der Waals surface area contributed by atoms with Gasteiger partial charge in [0.2, 0.25) is 5.91 Å². The molecule has 0 aliphatic rings. The van der Waals surface area contributed by atoms with E-state index in [9.17, 15) is 9.59 Å². The van der Waals surface area contributed by atoms with Crippen LogP contribution < -0.4 is 5.32 Å². The molecule has 1 amide bonds. The van der Waals surface area contributed by atoms with Gasteiger partial charge in [-0.3, -0.25) is 14.3 Å². The number of hydrogen-bond acceptors (Lipinski definition) is 3. The first kappa shape index (κ1) is 14.7. The molecule has 0 aliphatic carbocycles. The molecule has 0 bridgehead atoms. The van der Waals surface area contributed by atoms with Gasteiger partial charge in [0.05, 0.1) is 11.3 Å². The summed E-state index contributed by atoms with van der Waals surface area (Å²) in [4.78, 5) is 23.0. The Balaban J connectivity index is 2.08. The van der Waals surface area contributed by atoms with Crippen LogP contribution in [0.1, 0.15) is 28.5 Å². The molecule has 1 aromatic carbocycles. The van der Waals surface area contributed by atoms with Gasteiger partial charge in [0.25, 0.3) is 0 Å². The summed E-state index contributed by atoms with van der Waals surface area (Å²) in [5.41, 5.74) is 2.94. The smallest absolute Gasteiger partial charge is 0.221 e. The number of anilines is 1. The summed E-state index contributed by atoms with van der Waals surface area (Å²) in [6.07, 6.45) is 4.98. The predicted molar refractivity (Wildman–Crippen MR) is 82.1 cm³/mol. The number of aryl methyl sites for hydroxylation is 2. The van der Waals surface area contributed by atoms with Gasteiger partial charge in [0.1, 0.15) is 0 Å². The highest BCUT2D eigenvalue weighted by molar-refractivity contribution is 6.07. The summed E-state index contributed by atoms with van der Waals surface area (Å²) in [7, 11) is 1.79. The number of ketones is 1. The molecule has 2 rings (SSSR count). The molecule has 21 heavy (non-hydrogen) atoms. The van der Waals surface area contributed by atoms with Crippen LogP contribution in [0.15, 0.2) is 36.5 Å². The van der Waals surface area contributed by atoms with Crippen LogP contribution in [-0.4, -0.2) is 21.5 Å². The van der Waals surface area contributed by atoms with Crippen molar-refractivity contribution in [2.75, 3.05) is 5.32 Å². The van der Waals surface area contributed by atoms with Crippen molar-refractivity contribution >= 4 is 23.5 Å². The standard InChI is InChI=1S/C16H17N3O2/c1-11-15(10-19(3)18-11)16(21)9-6-13-4-7-14(8-5-13)17-12(2)20/h4-10H,1-3H3,(H,17,20)/b9-6-. The van der Waals surface area contributed by atoms with Crippen LogP contribution >= 0.6 is 0 Å². The average molecular weight is 283 g/mol. The number of allylic oxidation sites excluding steroid dienone is 1. The highest BCUT2D eigenvalue weighted by atomic mass is 16.1. The second-order valence-electron chi connectivity index (χ2n) is 4.80. The van der Waals surface area contributed by atoms with E-state index in [1.54, 1.807) is 36.1 Å². The molecule has 0 spiro atoms. The molecule has 0 atom stereocenters. The first-order chi connectivity index (χ1) is 9.95. The molecule has 1 heterocycles. The van der Waals surface area contributed by atoms with Crippen LogP contribution in [0, 0.1) is 6.92 Å². The molecule has 0 fully saturated rings. The number of carbonyl (C=O) groups is 2. The summed E-state index contributed by atoms with van der Waals surface area (Å²) in [6.45, 7) is 3.27. The zero-order chi connectivity index (χ0) is 15.4. The Hall–Kier alpha value is -2.69. The normalized spacial score (nSPS) is 10.8. The molecule has 0 unspecified atom stereocenters. The maximum atomic E-state index is 12.1. The predicted octanol–water partition coefficient (Wildman–Crippen LogP) is 2.58. The van der Waals surface area contributed by atoms with E-state index in [1.807, 2.05) is 19.1 Å². The van der Waals surface area contributed by atoms with Gasteiger partial charge in [-0.05, 0) is 30.7 Å². The molecule has 5 heteroatoms. The van der Waals surface area contributed by atoms with Gasteiger partial charge in [-0.15, -0.1) is 0 Å². The van der Waals surface area contributed by atoms with Gasteiger partial charge in [0, 0.05) is 25.9 Å². The number of nitrogens with zero attached hydrogens (tertiary/aromatic N) is 2. The molecule has 5 nitrogen and oxygen atoms in total. The van der Waals surface area contributed by atoms with Crippen LogP contribution in [0.2, 0.25) is 0 Å². The zero-order valence-corrected chi connectivity index (χ0v) is 12.3. The lowest BCUT2D eigenvalue weighted by Crippen LogP contribution is -2.05. The van der Waals surface area contributed by atoms with E-state index in [2.05, 4.69) is 10.4 Å². The Morgan fingerprint density at radius 1 is 1.24 bits per heavy atom. The van der Waals surface area contributed by atoms with E-state index < -0.39 is 0 Å². The molecular weight excluding hydrogens is 266 g/mol. The van der Waals surface area contributed by atoms with E-state index in [-0.39, 0.29) is 11.7 Å². The Labute approximate surface area is 123 Å². The third kappa shape index (κ3) is 3.89. The van der Waals surface area contributed by atoms with Gasteiger partial charge in [-0.1, -0.05) is 18.2 Å².